The van der Waals surface area contributed by atoms with E-state index >= 15 is 0 Å². The van der Waals surface area contributed by atoms with Gasteiger partial charge >= 0.3 is 11.8 Å². The quantitative estimate of drug-likeness (QED) is 0.765. The molecule has 2 amide bonds. The Bertz CT molecular complexity index is 769. The van der Waals surface area contributed by atoms with Crippen LogP contribution in [0.25, 0.3) is 0 Å². The van der Waals surface area contributed by atoms with Crippen molar-refractivity contribution in [3.05, 3.63) is 64.4 Å². The van der Waals surface area contributed by atoms with Gasteiger partial charge < -0.3 is 10.2 Å². The number of hydrogen-bond donors (Lipinski definition) is 1. The standard InChI is InChI=1S/C20H20BrFN2O2/c21-16-3-7-18(8-4-16)23-19(25)20(26)24-11-9-15(10-12-24)13-14-1-5-17(22)6-2-14/h1-8,15H,9-13H2,(H,23,25). The second kappa shape index (κ2) is 8.45. The molecule has 6 heteroatoms. The fourth-order valence-electron chi connectivity index (χ4n) is 3.16. The van der Waals surface area contributed by atoms with Crippen LogP contribution < -0.4 is 5.32 Å². The molecule has 1 N–H and O–H groups in total. The molecule has 0 bridgehead atoms. The van der Waals surface area contributed by atoms with E-state index < -0.39 is 11.8 Å². The van der Waals surface area contributed by atoms with Gasteiger partial charge in [0.1, 0.15) is 5.82 Å². The fraction of sp³-hybridized carbons (Fsp3) is 0.300. The van der Waals surface area contributed by atoms with E-state index in [0.29, 0.717) is 24.7 Å². The van der Waals surface area contributed by atoms with Crippen LogP contribution in [0.3, 0.4) is 0 Å². The number of hydrogen-bond acceptors (Lipinski definition) is 2. The molecule has 2 aromatic carbocycles. The topological polar surface area (TPSA) is 49.4 Å². The van der Waals surface area contributed by atoms with Gasteiger partial charge in [0.15, 0.2) is 0 Å². The van der Waals surface area contributed by atoms with Crippen LogP contribution in [0, 0.1) is 11.7 Å². The highest BCUT2D eigenvalue weighted by Crippen LogP contribution is 2.22. The molecule has 0 atom stereocenters. The highest BCUT2D eigenvalue weighted by atomic mass is 79.9. The molecule has 0 saturated carbocycles. The summed E-state index contributed by atoms with van der Waals surface area (Å²) in [6.45, 7) is 1.14. The predicted octanol–water partition coefficient (Wildman–Crippen LogP) is 4.01. The van der Waals surface area contributed by atoms with Crippen LogP contribution >= 0.6 is 15.9 Å². The Labute approximate surface area is 160 Å². The third kappa shape index (κ3) is 4.91. The molecule has 1 saturated heterocycles. The zero-order chi connectivity index (χ0) is 18.5. The summed E-state index contributed by atoms with van der Waals surface area (Å²) in [5.74, 6) is -0.887. The van der Waals surface area contributed by atoms with Crippen LogP contribution in [0.2, 0.25) is 0 Å². The molecule has 1 fully saturated rings. The first-order chi connectivity index (χ1) is 12.5. The lowest BCUT2D eigenvalue weighted by molar-refractivity contribution is -0.144. The van der Waals surface area contributed by atoms with Crippen molar-refractivity contribution < 1.29 is 14.0 Å². The van der Waals surface area contributed by atoms with E-state index in [1.807, 2.05) is 0 Å². The first kappa shape index (κ1) is 18.6. The molecule has 0 aromatic heterocycles. The van der Waals surface area contributed by atoms with Crippen molar-refractivity contribution in [2.24, 2.45) is 5.92 Å². The molecular weight excluding hydrogens is 399 g/mol. The van der Waals surface area contributed by atoms with Gasteiger partial charge in [0.05, 0.1) is 0 Å². The second-order valence-electron chi connectivity index (χ2n) is 6.53. The number of amides is 2. The molecule has 0 radical (unpaired) electrons. The van der Waals surface area contributed by atoms with Crippen molar-refractivity contribution in [2.75, 3.05) is 18.4 Å². The number of anilines is 1. The van der Waals surface area contributed by atoms with E-state index in [2.05, 4.69) is 21.2 Å². The Morgan fingerprint density at radius 2 is 1.65 bits per heavy atom. The average Bonchev–Trinajstić information content (AvgIpc) is 2.65. The fourth-order valence-corrected chi connectivity index (χ4v) is 3.42. The maximum Gasteiger partial charge on any atom is 0.313 e. The van der Waals surface area contributed by atoms with Gasteiger partial charge in [0.25, 0.3) is 0 Å². The van der Waals surface area contributed by atoms with E-state index in [9.17, 15) is 14.0 Å². The van der Waals surface area contributed by atoms with E-state index in [1.165, 1.54) is 12.1 Å². The first-order valence-corrected chi connectivity index (χ1v) is 9.41. The summed E-state index contributed by atoms with van der Waals surface area (Å²) < 4.78 is 13.9. The van der Waals surface area contributed by atoms with Crippen molar-refractivity contribution in [1.29, 1.82) is 0 Å². The molecule has 136 valence electrons. The third-order valence-corrected chi connectivity index (χ3v) is 5.16. The van der Waals surface area contributed by atoms with Crippen LogP contribution in [0.1, 0.15) is 18.4 Å². The molecule has 26 heavy (non-hydrogen) atoms. The predicted molar refractivity (Wildman–Crippen MR) is 102 cm³/mol. The molecule has 3 rings (SSSR count). The minimum atomic E-state index is -0.607. The summed E-state index contributed by atoms with van der Waals surface area (Å²) in [5.41, 5.74) is 1.70. The molecule has 1 aliphatic rings. The number of nitrogens with one attached hydrogen (secondary N) is 1. The number of carbonyl (C=O) groups excluding carboxylic acids is 2. The maximum atomic E-state index is 13.0. The summed E-state index contributed by atoms with van der Waals surface area (Å²) in [5, 5.41) is 2.64. The molecular formula is C20H20BrFN2O2. The number of rotatable bonds is 3. The van der Waals surface area contributed by atoms with E-state index in [-0.39, 0.29) is 5.82 Å². The van der Waals surface area contributed by atoms with E-state index in [4.69, 9.17) is 0 Å². The molecule has 1 heterocycles. The third-order valence-electron chi connectivity index (χ3n) is 4.64. The largest absolute Gasteiger partial charge is 0.334 e. The first-order valence-electron chi connectivity index (χ1n) is 8.61. The zero-order valence-electron chi connectivity index (χ0n) is 14.3. The highest BCUT2D eigenvalue weighted by molar-refractivity contribution is 9.10. The number of benzene rings is 2. The Hall–Kier alpha value is -2.21. The summed E-state index contributed by atoms with van der Waals surface area (Å²) in [6, 6.07) is 13.6. The van der Waals surface area contributed by atoms with Gasteiger partial charge in [-0.1, -0.05) is 28.1 Å². The van der Waals surface area contributed by atoms with Gasteiger partial charge in [-0.25, -0.2) is 4.39 Å². The van der Waals surface area contributed by atoms with E-state index in [0.717, 1.165) is 29.3 Å². The van der Waals surface area contributed by atoms with Crippen LogP contribution in [-0.4, -0.2) is 29.8 Å². The van der Waals surface area contributed by atoms with E-state index in [1.54, 1.807) is 41.3 Å². The van der Waals surface area contributed by atoms with Gasteiger partial charge in [-0.05, 0) is 67.1 Å². The molecule has 1 aliphatic heterocycles. The number of likely N-dealkylation sites (tertiary alicyclic amines) is 1. The number of piperidine rings is 1. The minimum Gasteiger partial charge on any atom is -0.334 e. The zero-order valence-corrected chi connectivity index (χ0v) is 15.8. The monoisotopic (exact) mass is 418 g/mol. The van der Waals surface area contributed by atoms with Gasteiger partial charge in [-0.2, -0.15) is 0 Å². The number of nitrogens with zero attached hydrogens (tertiary/aromatic N) is 1. The summed E-state index contributed by atoms with van der Waals surface area (Å²) in [7, 11) is 0. The Morgan fingerprint density at radius 3 is 2.27 bits per heavy atom. The van der Waals surface area contributed by atoms with Gasteiger partial charge in [-0.3, -0.25) is 9.59 Å². The van der Waals surface area contributed by atoms with Crippen LogP contribution in [0.4, 0.5) is 10.1 Å². The van der Waals surface area contributed by atoms with Gasteiger partial charge in [-0.15, -0.1) is 0 Å². The SMILES string of the molecule is O=C(Nc1ccc(Br)cc1)C(=O)N1CCC(Cc2ccc(F)cc2)CC1. The average molecular weight is 419 g/mol. The lowest BCUT2D eigenvalue weighted by atomic mass is 9.90. The van der Waals surface area contributed by atoms with Crippen LogP contribution in [0.5, 0.6) is 0 Å². The molecule has 2 aromatic rings. The van der Waals surface area contributed by atoms with Crippen molar-refractivity contribution >= 4 is 33.4 Å². The minimum absolute atomic E-state index is 0.231. The summed E-state index contributed by atoms with van der Waals surface area (Å²) in [6.07, 6.45) is 2.55. The van der Waals surface area contributed by atoms with Crippen molar-refractivity contribution in [2.45, 2.75) is 19.3 Å². The maximum absolute atomic E-state index is 13.0. The van der Waals surface area contributed by atoms with Gasteiger partial charge in [0.2, 0.25) is 0 Å². The number of carbonyl (C=O) groups is 2. The summed E-state index contributed by atoms with van der Waals surface area (Å²) >= 11 is 3.33. The number of halogens is 2. The molecule has 0 aliphatic carbocycles. The lowest BCUT2D eigenvalue weighted by Crippen LogP contribution is -2.44. The van der Waals surface area contributed by atoms with Crippen molar-refractivity contribution in [3.63, 3.8) is 0 Å². The highest BCUT2D eigenvalue weighted by Gasteiger charge is 2.27. The van der Waals surface area contributed by atoms with Crippen molar-refractivity contribution in [1.82, 2.24) is 4.90 Å². The second-order valence-corrected chi connectivity index (χ2v) is 7.44. The molecule has 0 spiro atoms. The lowest BCUT2D eigenvalue weighted by Gasteiger charge is -2.31. The van der Waals surface area contributed by atoms with Crippen molar-refractivity contribution in [3.8, 4) is 0 Å². The molecule has 0 unspecified atom stereocenters. The summed E-state index contributed by atoms with van der Waals surface area (Å²) in [4.78, 5) is 26.1. The molecule has 4 nitrogen and oxygen atoms in total. The normalized spacial score (nSPS) is 14.9. The smallest absolute Gasteiger partial charge is 0.313 e. The Balaban J connectivity index is 1.49. The van der Waals surface area contributed by atoms with Crippen LogP contribution in [0.15, 0.2) is 53.0 Å². The van der Waals surface area contributed by atoms with Crippen LogP contribution in [-0.2, 0) is 16.0 Å². The Kier molecular flexibility index (Phi) is 6.04. The Morgan fingerprint density at radius 1 is 1.04 bits per heavy atom. The van der Waals surface area contributed by atoms with Gasteiger partial charge in [0, 0.05) is 23.2 Å².